The van der Waals surface area contributed by atoms with Crippen LogP contribution in [-0.4, -0.2) is 55.7 Å². The summed E-state index contributed by atoms with van der Waals surface area (Å²) in [5, 5.41) is 3.08. The first kappa shape index (κ1) is 14.8. The van der Waals surface area contributed by atoms with Gasteiger partial charge in [-0.05, 0) is 37.8 Å². The number of nitrogens with two attached hydrogens (primary N) is 1. The largest absolute Gasteiger partial charge is 0.378 e. The van der Waals surface area contributed by atoms with Crippen LogP contribution in [0.25, 0.3) is 0 Å². The van der Waals surface area contributed by atoms with Crippen LogP contribution in [0.3, 0.4) is 0 Å². The fourth-order valence-electron chi connectivity index (χ4n) is 2.22. The van der Waals surface area contributed by atoms with E-state index in [1.165, 1.54) is 0 Å². The number of carbonyl (C=O) groups is 1. The molecule has 3 N–H and O–H groups in total. The monoisotopic (exact) mass is 269 g/mol. The molecule has 2 aliphatic rings. The Morgan fingerprint density at radius 2 is 2.21 bits per heavy atom. The van der Waals surface area contributed by atoms with Crippen LogP contribution in [-0.2, 0) is 9.53 Å². The molecular formula is C14H27N3O2. The third kappa shape index (κ3) is 4.44. The van der Waals surface area contributed by atoms with Crippen LogP contribution in [0.5, 0.6) is 0 Å². The highest BCUT2D eigenvalue weighted by molar-refractivity contribution is 5.82. The Kier molecular flexibility index (Phi) is 4.81. The van der Waals surface area contributed by atoms with Crippen LogP contribution in [0.1, 0.15) is 33.1 Å². The Balaban J connectivity index is 1.85. The van der Waals surface area contributed by atoms with Crippen molar-refractivity contribution < 1.29 is 9.53 Å². The molecule has 0 bridgehead atoms. The molecule has 110 valence electrons. The second-order valence-electron chi connectivity index (χ2n) is 6.53. The summed E-state index contributed by atoms with van der Waals surface area (Å²) < 4.78 is 5.47. The van der Waals surface area contributed by atoms with Gasteiger partial charge in [0.25, 0.3) is 0 Å². The first-order valence-electron chi connectivity index (χ1n) is 7.34. The maximum atomic E-state index is 12.2. The molecule has 1 unspecified atom stereocenters. The minimum absolute atomic E-state index is 0.122. The molecule has 0 radical (unpaired) electrons. The van der Waals surface area contributed by atoms with Crippen LogP contribution in [0.15, 0.2) is 0 Å². The lowest BCUT2D eigenvalue weighted by Gasteiger charge is -2.36. The zero-order valence-electron chi connectivity index (χ0n) is 12.2. The highest BCUT2D eigenvalue weighted by atomic mass is 16.5. The van der Waals surface area contributed by atoms with Crippen molar-refractivity contribution in [3.63, 3.8) is 0 Å². The summed E-state index contributed by atoms with van der Waals surface area (Å²) in [6, 6.07) is 0.291. The van der Waals surface area contributed by atoms with E-state index in [2.05, 4.69) is 24.1 Å². The van der Waals surface area contributed by atoms with Crippen molar-refractivity contribution in [3.05, 3.63) is 0 Å². The molecular weight excluding hydrogens is 242 g/mol. The van der Waals surface area contributed by atoms with Gasteiger partial charge in [-0.25, -0.2) is 0 Å². The first-order valence-corrected chi connectivity index (χ1v) is 7.34. The molecule has 1 aliphatic carbocycles. The summed E-state index contributed by atoms with van der Waals surface area (Å²) in [5.74, 6) is 0.132. The molecule has 0 aromatic carbocycles. The highest BCUT2D eigenvalue weighted by Gasteiger charge is 2.33. The summed E-state index contributed by atoms with van der Waals surface area (Å²) in [6.45, 7) is 8.01. The number of rotatable bonds is 6. The van der Waals surface area contributed by atoms with Crippen molar-refractivity contribution in [2.45, 2.75) is 45.2 Å². The number of nitrogens with one attached hydrogen (secondary N) is 1. The van der Waals surface area contributed by atoms with E-state index < -0.39 is 0 Å². The number of carbonyl (C=O) groups excluding carboxylic acids is 1. The average molecular weight is 269 g/mol. The molecule has 5 heteroatoms. The molecule has 1 amide bonds. The Morgan fingerprint density at radius 3 is 2.84 bits per heavy atom. The van der Waals surface area contributed by atoms with Gasteiger partial charge in [-0.15, -0.1) is 0 Å². The summed E-state index contributed by atoms with van der Waals surface area (Å²) in [7, 11) is 0. The fourth-order valence-corrected chi connectivity index (χ4v) is 2.22. The van der Waals surface area contributed by atoms with E-state index >= 15 is 0 Å². The molecule has 0 aromatic heterocycles. The van der Waals surface area contributed by atoms with Crippen LogP contribution >= 0.6 is 0 Å². The van der Waals surface area contributed by atoms with E-state index in [1.54, 1.807) is 0 Å². The van der Waals surface area contributed by atoms with Gasteiger partial charge in [0, 0.05) is 12.6 Å². The normalized spacial score (nSPS) is 25.3. The third-order valence-corrected chi connectivity index (χ3v) is 4.09. The predicted molar refractivity (Wildman–Crippen MR) is 74.8 cm³/mol. The summed E-state index contributed by atoms with van der Waals surface area (Å²) >= 11 is 0. The average Bonchev–Trinajstić information content (AvgIpc) is 3.21. The molecule has 1 saturated carbocycles. The third-order valence-electron chi connectivity index (χ3n) is 4.09. The van der Waals surface area contributed by atoms with Gasteiger partial charge in [0.05, 0.1) is 13.2 Å². The molecule has 1 heterocycles. The zero-order chi connectivity index (χ0) is 13.9. The standard InChI is InChI=1S/C14H27N3O2/c1-14(2,10-15)5-6-17-7-8-19-9-12(17)13(18)16-11-3-4-11/h11-12H,3-10,15H2,1-2H3,(H,16,18). The molecule has 19 heavy (non-hydrogen) atoms. The van der Waals surface area contributed by atoms with Crippen LogP contribution < -0.4 is 11.1 Å². The molecule has 1 saturated heterocycles. The van der Waals surface area contributed by atoms with Gasteiger partial charge in [0.1, 0.15) is 6.04 Å². The SMILES string of the molecule is CC(C)(CN)CCN1CCOCC1C(=O)NC1CC1. The van der Waals surface area contributed by atoms with E-state index in [-0.39, 0.29) is 17.4 Å². The van der Waals surface area contributed by atoms with Crippen molar-refractivity contribution in [1.82, 2.24) is 10.2 Å². The lowest BCUT2D eigenvalue weighted by atomic mass is 9.89. The van der Waals surface area contributed by atoms with Crippen molar-refractivity contribution in [2.24, 2.45) is 11.1 Å². The van der Waals surface area contributed by atoms with Gasteiger partial charge >= 0.3 is 0 Å². The number of hydrogen-bond donors (Lipinski definition) is 2. The van der Waals surface area contributed by atoms with E-state index in [4.69, 9.17) is 10.5 Å². The second kappa shape index (κ2) is 6.20. The molecule has 5 nitrogen and oxygen atoms in total. The maximum absolute atomic E-state index is 12.2. The zero-order valence-corrected chi connectivity index (χ0v) is 12.2. The smallest absolute Gasteiger partial charge is 0.239 e. The van der Waals surface area contributed by atoms with E-state index in [1.807, 2.05) is 0 Å². The fraction of sp³-hybridized carbons (Fsp3) is 0.929. The second-order valence-corrected chi connectivity index (χ2v) is 6.53. The lowest BCUT2D eigenvalue weighted by Crippen LogP contribution is -2.54. The van der Waals surface area contributed by atoms with Gasteiger partial charge in [-0.2, -0.15) is 0 Å². The minimum Gasteiger partial charge on any atom is -0.378 e. The molecule has 2 fully saturated rings. The van der Waals surface area contributed by atoms with E-state index in [9.17, 15) is 4.79 Å². The van der Waals surface area contributed by atoms with Gasteiger partial charge in [0.15, 0.2) is 0 Å². The molecule has 0 aromatic rings. The number of ether oxygens (including phenoxy) is 1. The molecule has 2 rings (SSSR count). The number of morpholine rings is 1. The maximum Gasteiger partial charge on any atom is 0.239 e. The Hall–Kier alpha value is -0.650. The lowest BCUT2D eigenvalue weighted by molar-refractivity contribution is -0.132. The topological polar surface area (TPSA) is 67.6 Å². The van der Waals surface area contributed by atoms with Crippen molar-refractivity contribution in [2.75, 3.05) is 32.8 Å². The van der Waals surface area contributed by atoms with E-state index in [0.29, 0.717) is 19.2 Å². The quantitative estimate of drug-likeness (QED) is 0.730. The van der Waals surface area contributed by atoms with Crippen LogP contribution in [0.4, 0.5) is 0 Å². The molecule has 1 aliphatic heterocycles. The number of nitrogens with zero attached hydrogens (tertiary/aromatic N) is 1. The Morgan fingerprint density at radius 1 is 1.47 bits per heavy atom. The number of amides is 1. The summed E-state index contributed by atoms with van der Waals surface area (Å²) in [5.41, 5.74) is 5.90. The van der Waals surface area contributed by atoms with Crippen LogP contribution in [0, 0.1) is 5.41 Å². The van der Waals surface area contributed by atoms with Gasteiger partial charge in [-0.1, -0.05) is 13.8 Å². The van der Waals surface area contributed by atoms with E-state index in [0.717, 1.165) is 39.0 Å². The van der Waals surface area contributed by atoms with Crippen molar-refractivity contribution in [1.29, 1.82) is 0 Å². The van der Waals surface area contributed by atoms with Crippen LogP contribution in [0.2, 0.25) is 0 Å². The Bertz CT molecular complexity index is 316. The minimum atomic E-state index is -0.122. The molecule has 0 spiro atoms. The van der Waals surface area contributed by atoms with Gasteiger partial charge < -0.3 is 15.8 Å². The van der Waals surface area contributed by atoms with Gasteiger partial charge in [0.2, 0.25) is 5.91 Å². The highest BCUT2D eigenvalue weighted by Crippen LogP contribution is 2.22. The first-order chi connectivity index (χ1) is 9.02. The Labute approximate surface area is 115 Å². The van der Waals surface area contributed by atoms with Crippen molar-refractivity contribution in [3.8, 4) is 0 Å². The van der Waals surface area contributed by atoms with Gasteiger partial charge in [-0.3, -0.25) is 9.69 Å². The van der Waals surface area contributed by atoms with Crippen molar-refractivity contribution >= 4 is 5.91 Å². The summed E-state index contributed by atoms with van der Waals surface area (Å²) in [6.07, 6.45) is 3.26. The number of hydrogen-bond acceptors (Lipinski definition) is 4. The molecule has 1 atom stereocenters. The predicted octanol–water partition coefficient (Wildman–Crippen LogP) is 0.341. The summed E-state index contributed by atoms with van der Waals surface area (Å²) in [4.78, 5) is 14.4.